The van der Waals surface area contributed by atoms with Crippen molar-refractivity contribution < 1.29 is 17.6 Å². The number of piperazine rings is 1. The van der Waals surface area contributed by atoms with Gasteiger partial charge in [0, 0.05) is 44.3 Å². The lowest BCUT2D eigenvalue weighted by molar-refractivity contribution is -0.211. The summed E-state index contributed by atoms with van der Waals surface area (Å²) in [6.07, 6.45) is -0.684. The number of imidazole rings is 1. The molecular formula is C28H34ClF4N9. The Kier molecular flexibility index (Phi) is 7.55. The van der Waals surface area contributed by atoms with Crippen LogP contribution in [0.15, 0.2) is 30.9 Å². The molecule has 1 unspecified atom stereocenters. The number of nitrogens with zero attached hydrogens (tertiary/aromatic N) is 9. The standard InChI is InChI=1S/C28H34ClF4N9/c1-16-13-41(25-23-26(42-15-35-37-27(42)36-25)39(14-34-23)8-7-38(3)4)17(2)12-40(16)24(18-5-6-22(30)21(29)11-18)19-9-20(10-19)28(31,32)33/h5-6,11,14-17,19-20,24H,7-10,12-13H2,1-4H3/t16-,17+,19-,20-,24?/m1/s1. The summed E-state index contributed by atoms with van der Waals surface area (Å²) in [5, 5.41) is 8.29. The summed E-state index contributed by atoms with van der Waals surface area (Å²) in [5.74, 6) is -0.905. The van der Waals surface area contributed by atoms with Crippen LogP contribution in [0.3, 0.4) is 0 Å². The predicted octanol–water partition coefficient (Wildman–Crippen LogP) is 5.06. The zero-order chi connectivity index (χ0) is 29.9. The highest BCUT2D eigenvalue weighted by Crippen LogP contribution is 2.52. The van der Waals surface area contributed by atoms with E-state index in [2.05, 4.69) is 43.3 Å². The number of aromatic nitrogens is 6. The molecular weight excluding hydrogens is 574 g/mol. The number of halogens is 5. The van der Waals surface area contributed by atoms with Gasteiger partial charge in [0.1, 0.15) is 17.7 Å². The number of anilines is 1. The number of fused-ring (bicyclic) bond motifs is 3. The first-order valence-electron chi connectivity index (χ1n) is 14.2. The number of likely N-dealkylation sites (N-methyl/N-ethyl adjacent to an activating group) is 1. The lowest BCUT2D eigenvalue weighted by Gasteiger charge is -2.52. The van der Waals surface area contributed by atoms with E-state index >= 15 is 0 Å². The van der Waals surface area contributed by atoms with Gasteiger partial charge in [0.15, 0.2) is 11.5 Å². The molecule has 2 aliphatic rings. The highest BCUT2D eigenvalue weighted by molar-refractivity contribution is 6.30. The van der Waals surface area contributed by atoms with Crippen LogP contribution in [-0.2, 0) is 6.54 Å². The minimum absolute atomic E-state index is 0.0263. The molecule has 3 aromatic heterocycles. The Morgan fingerprint density at radius 1 is 1.10 bits per heavy atom. The lowest BCUT2D eigenvalue weighted by atomic mass is 9.68. The molecule has 0 amide bonds. The first kappa shape index (κ1) is 29.1. The Morgan fingerprint density at radius 3 is 2.55 bits per heavy atom. The molecule has 0 radical (unpaired) electrons. The number of hydrogen-bond acceptors (Lipinski definition) is 7. The molecule has 0 N–H and O–H groups in total. The van der Waals surface area contributed by atoms with Gasteiger partial charge in [-0.15, -0.1) is 10.2 Å². The van der Waals surface area contributed by atoms with Gasteiger partial charge >= 0.3 is 6.18 Å². The van der Waals surface area contributed by atoms with Crippen LogP contribution in [0.25, 0.3) is 16.9 Å². The van der Waals surface area contributed by atoms with Gasteiger partial charge in [0.25, 0.3) is 5.78 Å². The Labute approximate surface area is 246 Å². The topological polar surface area (TPSA) is 70.6 Å². The van der Waals surface area contributed by atoms with E-state index in [-0.39, 0.29) is 41.9 Å². The second kappa shape index (κ2) is 10.9. The van der Waals surface area contributed by atoms with Crippen molar-refractivity contribution in [3.8, 4) is 0 Å². The molecule has 3 atom stereocenters. The van der Waals surface area contributed by atoms with Gasteiger partial charge in [0.2, 0.25) is 0 Å². The summed E-state index contributed by atoms with van der Waals surface area (Å²) in [6, 6.07) is 4.10. The zero-order valence-corrected chi connectivity index (χ0v) is 24.7. The minimum Gasteiger partial charge on any atom is -0.349 e. The van der Waals surface area contributed by atoms with Gasteiger partial charge in [0.05, 0.1) is 17.3 Å². The molecule has 1 aliphatic heterocycles. The van der Waals surface area contributed by atoms with Crippen LogP contribution in [0.5, 0.6) is 0 Å². The van der Waals surface area contributed by atoms with E-state index in [0.29, 0.717) is 24.7 Å². The maximum atomic E-state index is 14.1. The SMILES string of the molecule is C[C@@H]1CN(c2nc3nncn3c3c2ncn3CCN(C)C)[C@@H](C)CN1C(c1ccc(F)c(Cl)c1)[C@H]1C[C@H](C(F)(F)F)C1. The molecule has 1 saturated heterocycles. The molecule has 4 aromatic rings. The number of rotatable bonds is 7. The molecule has 9 nitrogen and oxygen atoms in total. The van der Waals surface area contributed by atoms with Crippen LogP contribution in [-0.4, -0.2) is 90.9 Å². The highest BCUT2D eigenvalue weighted by atomic mass is 35.5. The first-order chi connectivity index (χ1) is 19.9. The molecule has 4 heterocycles. The minimum atomic E-state index is -4.22. The third-order valence-electron chi connectivity index (χ3n) is 8.81. The molecule has 6 rings (SSSR count). The van der Waals surface area contributed by atoms with E-state index in [0.717, 1.165) is 29.8 Å². The number of alkyl halides is 3. The molecule has 2 fully saturated rings. The molecule has 0 bridgehead atoms. The van der Waals surface area contributed by atoms with Gasteiger partial charge in [-0.2, -0.15) is 18.2 Å². The Hall–Kier alpha value is -3.03. The molecule has 1 saturated carbocycles. The second-order valence-corrected chi connectivity index (χ2v) is 12.4. The van der Waals surface area contributed by atoms with Crippen molar-refractivity contribution in [3.63, 3.8) is 0 Å². The van der Waals surface area contributed by atoms with Crippen LogP contribution >= 0.6 is 11.6 Å². The van der Waals surface area contributed by atoms with E-state index in [1.807, 2.05) is 24.8 Å². The van der Waals surface area contributed by atoms with Crippen LogP contribution in [0, 0.1) is 17.7 Å². The predicted molar refractivity (Wildman–Crippen MR) is 152 cm³/mol. The molecule has 1 aliphatic carbocycles. The lowest BCUT2D eigenvalue weighted by Crippen LogP contribution is -2.59. The summed E-state index contributed by atoms with van der Waals surface area (Å²) in [5.41, 5.74) is 2.34. The first-order valence-corrected chi connectivity index (χ1v) is 14.5. The van der Waals surface area contributed by atoms with Gasteiger partial charge in [-0.3, -0.25) is 4.90 Å². The van der Waals surface area contributed by atoms with Gasteiger partial charge in [-0.25, -0.2) is 13.8 Å². The van der Waals surface area contributed by atoms with Crippen LogP contribution in [0.2, 0.25) is 5.02 Å². The van der Waals surface area contributed by atoms with E-state index < -0.39 is 17.9 Å². The van der Waals surface area contributed by atoms with Crippen LogP contribution in [0.4, 0.5) is 23.4 Å². The summed E-state index contributed by atoms with van der Waals surface area (Å²) in [7, 11) is 4.03. The van der Waals surface area contributed by atoms with Crippen LogP contribution < -0.4 is 4.90 Å². The summed E-state index contributed by atoms with van der Waals surface area (Å²) >= 11 is 6.15. The Bertz CT molecular complexity index is 1580. The van der Waals surface area contributed by atoms with Crippen molar-refractivity contribution in [3.05, 3.63) is 47.3 Å². The normalized spacial score (nSPS) is 24.6. The average Bonchev–Trinajstić information content (AvgIpc) is 3.53. The van der Waals surface area contributed by atoms with Crippen molar-refractivity contribution >= 4 is 34.4 Å². The van der Waals surface area contributed by atoms with E-state index in [1.165, 1.54) is 6.07 Å². The maximum absolute atomic E-state index is 14.1. The fourth-order valence-corrected chi connectivity index (χ4v) is 6.70. The van der Waals surface area contributed by atoms with Crippen LogP contribution in [0.1, 0.15) is 38.3 Å². The molecule has 0 spiro atoms. The third-order valence-corrected chi connectivity index (χ3v) is 9.10. The van der Waals surface area contributed by atoms with Crippen molar-refractivity contribution in [1.29, 1.82) is 0 Å². The van der Waals surface area contributed by atoms with Gasteiger partial charge in [-0.1, -0.05) is 17.7 Å². The zero-order valence-electron chi connectivity index (χ0n) is 23.9. The fourth-order valence-electron chi connectivity index (χ4n) is 6.51. The largest absolute Gasteiger partial charge is 0.391 e. The quantitative estimate of drug-likeness (QED) is 0.272. The van der Waals surface area contributed by atoms with Gasteiger partial charge < -0.3 is 14.4 Å². The molecule has 14 heteroatoms. The van der Waals surface area contributed by atoms with Gasteiger partial charge in [-0.05, 0) is 64.4 Å². The van der Waals surface area contributed by atoms with Crippen molar-refractivity contribution in [1.82, 2.24) is 38.9 Å². The molecule has 42 heavy (non-hydrogen) atoms. The number of hydrogen-bond donors (Lipinski definition) is 0. The van der Waals surface area contributed by atoms with E-state index in [1.54, 1.807) is 18.5 Å². The second-order valence-electron chi connectivity index (χ2n) is 12.0. The van der Waals surface area contributed by atoms with E-state index in [4.69, 9.17) is 21.6 Å². The summed E-state index contributed by atoms with van der Waals surface area (Å²) < 4.78 is 58.4. The third kappa shape index (κ3) is 5.19. The van der Waals surface area contributed by atoms with Crippen molar-refractivity contribution in [2.24, 2.45) is 11.8 Å². The highest BCUT2D eigenvalue weighted by Gasteiger charge is 2.52. The van der Waals surface area contributed by atoms with Crippen molar-refractivity contribution in [2.45, 2.75) is 57.5 Å². The Morgan fingerprint density at radius 2 is 1.86 bits per heavy atom. The maximum Gasteiger partial charge on any atom is 0.391 e. The molecule has 1 aromatic carbocycles. The fraction of sp³-hybridized carbons (Fsp3) is 0.571. The monoisotopic (exact) mass is 607 g/mol. The average molecular weight is 608 g/mol. The Balaban J connectivity index is 1.33. The van der Waals surface area contributed by atoms with E-state index in [9.17, 15) is 17.6 Å². The van der Waals surface area contributed by atoms with Crippen molar-refractivity contribution in [2.75, 3.05) is 38.6 Å². The molecule has 226 valence electrons. The number of benzene rings is 1. The summed E-state index contributed by atoms with van der Waals surface area (Å²) in [4.78, 5) is 16.2. The summed E-state index contributed by atoms with van der Waals surface area (Å²) in [6.45, 7) is 6.83. The smallest absolute Gasteiger partial charge is 0.349 e.